The Morgan fingerprint density at radius 2 is 1.92 bits per heavy atom. The molecule has 5 nitrogen and oxygen atoms in total. The molecule has 0 bridgehead atoms. The first-order valence-electron chi connectivity index (χ1n) is 12.7. The summed E-state index contributed by atoms with van der Waals surface area (Å²) in [6.07, 6.45) is 1.22. The molecule has 200 valence electrons. The van der Waals surface area contributed by atoms with Crippen LogP contribution in [0.25, 0.3) is 0 Å². The van der Waals surface area contributed by atoms with Crippen LogP contribution in [-0.4, -0.2) is 40.3 Å². The third kappa shape index (κ3) is 6.24. The molecule has 1 aromatic heterocycles. The summed E-state index contributed by atoms with van der Waals surface area (Å²) in [5, 5.41) is 6.59. The first kappa shape index (κ1) is 27.6. The maximum Gasteiger partial charge on any atom is 0.252 e. The lowest BCUT2D eigenvalue weighted by Gasteiger charge is -2.31. The van der Waals surface area contributed by atoms with Crippen LogP contribution < -0.4 is 5.32 Å². The van der Waals surface area contributed by atoms with Crippen molar-refractivity contribution in [2.45, 2.75) is 63.7 Å². The van der Waals surface area contributed by atoms with Gasteiger partial charge in [-0.15, -0.1) is 11.3 Å². The van der Waals surface area contributed by atoms with Gasteiger partial charge >= 0.3 is 0 Å². The van der Waals surface area contributed by atoms with E-state index in [1.807, 2.05) is 56.3 Å². The molecule has 0 aliphatic carbocycles. The smallest absolute Gasteiger partial charge is 0.252 e. The number of benzene rings is 2. The third-order valence-electron chi connectivity index (χ3n) is 6.86. The topological polar surface area (TPSA) is 50.8 Å². The van der Waals surface area contributed by atoms with Crippen molar-refractivity contribution in [2.75, 3.05) is 6.54 Å². The van der Waals surface area contributed by atoms with Gasteiger partial charge in [0.15, 0.2) is 11.9 Å². The van der Waals surface area contributed by atoms with Crippen molar-refractivity contribution >= 4 is 57.7 Å². The summed E-state index contributed by atoms with van der Waals surface area (Å²) in [5.74, 6) is -1.16. The van der Waals surface area contributed by atoms with E-state index in [0.717, 1.165) is 52.4 Å². The van der Waals surface area contributed by atoms with Crippen molar-refractivity contribution in [1.29, 1.82) is 0 Å². The van der Waals surface area contributed by atoms with Crippen LogP contribution in [0.2, 0.25) is 10.0 Å². The number of nitrogens with one attached hydrogen (secondary N) is 1. The average molecular weight is 590 g/mol. The SMILES string of the molecule is CC1(C)O[C@@H](C(=O)NCc2cc(Cc3ccccc3Cl)cs2)[C@H](C(=S)N2CCCC2c2cccc(Cl)c2)O1. The average Bonchev–Trinajstić information content (AvgIpc) is 3.62. The van der Waals surface area contributed by atoms with Crippen molar-refractivity contribution in [2.24, 2.45) is 0 Å². The molecule has 0 spiro atoms. The molecule has 3 atom stereocenters. The Labute approximate surface area is 243 Å². The largest absolute Gasteiger partial charge is 0.357 e. The highest BCUT2D eigenvalue weighted by atomic mass is 35.5. The quantitative estimate of drug-likeness (QED) is 0.303. The van der Waals surface area contributed by atoms with E-state index in [-0.39, 0.29) is 11.9 Å². The van der Waals surface area contributed by atoms with E-state index in [9.17, 15) is 4.79 Å². The highest BCUT2D eigenvalue weighted by molar-refractivity contribution is 7.80. The molecule has 2 aromatic carbocycles. The monoisotopic (exact) mass is 588 g/mol. The zero-order valence-electron chi connectivity index (χ0n) is 21.3. The number of carbonyl (C=O) groups excluding carboxylic acids is 1. The van der Waals surface area contributed by atoms with Gasteiger partial charge in [0.2, 0.25) is 0 Å². The standard InChI is InChI=1S/C29H30Cl2N2O3S2/c1-29(2)35-25(26(36-29)28(37)33-12-6-11-24(33)20-8-5-9-21(30)15-20)27(34)32-16-22-14-18(17-38-22)13-19-7-3-4-10-23(19)31/h3-5,7-10,14-15,17,24-26H,6,11-13,16H2,1-2H3,(H,32,34)/t24?,25-,26-/m1/s1. The molecule has 2 fully saturated rings. The predicted octanol–water partition coefficient (Wildman–Crippen LogP) is 6.95. The lowest BCUT2D eigenvalue weighted by molar-refractivity contribution is -0.154. The lowest BCUT2D eigenvalue weighted by Crippen LogP contribution is -2.48. The molecule has 1 unspecified atom stereocenters. The zero-order valence-corrected chi connectivity index (χ0v) is 24.4. The second kappa shape index (κ2) is 11.6. The Balaban J connectivity index is 1.25. The van der Waals surface area contributed by atoms with E-state index in [1.54, 1.807) is 11.3 Å². The second-order valence-corrected chi connectivity index (χ2v) is 12.4. The molecule has 2 aliphatic heterocycles. The predicted molar refractivity (Wildman–Crippen MR) is 157 cm³/mol. The fraction of sp³-hybridized carbons (Fsp3) is 0.379. The summed E-state index contributed by atoms with van der Waals surface area (Å²) in [6, 6.07) is 17.9. The van der Waals surface area contributed by atoms with Gasteiger partial charge in [0.1, 0.15) is 11.1 Å². The van der Waals surface area contributed by atoms with Gasteiger partial charge in [-0.1, -0.05) is 65.8 Å². The number of amides is 1. The minimum absolute atomic E-state index is 0.0971. The first-order valence-corrected chi connectivity index (χ1v) is 14.7. The summed E-state index contributed by atoms with van der Waals surface area (Å²) in [4.78, 5) is 17.2. The first-order chi connectivity index (χ1) is 18.2. The second-order valence-electron chi connectivity index (χ2n) is 10.1. The Morgan fingerprint density at radius 1 is 1.13 bits per heavy atom. The molecule has 2 saturated heterocycles. The Kier molecular flexibility index (Phi) is 8.43. The highest BCUT2D eigenvalue weighted by Gasteiger charge is 2.49. The molecule has 2 aliphatic rings. The molecule has 3 aromatic rings. The zero-order chi connectivity index (χ0) is 26.9. The fourth-order valence-corrected chi connectivity index (χ4v) is 6.76. The number of likely N-dealkylation sites (tertiary alicyclic amines) is 1. The summed E-state index contributed by atoms with van der Waals surface area (Å²) in [5.41, 5.74) is 3.35. The van der Waals surface area contributed by atoms with E-state index >= 15 is 0 Å². The number of hydrogen-bond donors (Lipinski definition) is 1. The van der Waals surface area contributed by atoms with Gasteiger partial charge in [0.25, 0.3) is 5.91 Å². The van der Waals surface area contributed by atoms with Gasteiger partial charge in [-0.3, -0.25) is 4.79 Å². The fourth-order valence-electron chi connectivity index (χ4n) is 5.14. The third-order valence-corrected chi connectivity index (χ3v) is 8.92. The minimum atomic E-state index is -0.924. The molecule has 5 rings (SSSR count). The van der Waals surface area contributed by atoms with Crippen molar-refractivity contribution in [3.63, 3.8) is 0 Å². The summed E-state index contributed by atoms with van der Waals surface area (Å²) in [7, 11) is 0. The van der Waals surface area contributed by atoms with Crippen molar-refractivity contribution in [3.8, 4) is 0 Å². The Bertz CT molecular complexity index is 1330. The van der Waals surface area contributed by atoms with Gasteiger partial charge in [0.05, 0.1) is 12.6 Å². The molecule has 3 heterocycles. The minimum Gasteiger partial charge on any atom is -0.357 e. The number of nitrogens with zero attached hydrogens (tertiary/aromatic N) is 1. The van der Waals surface area contributed by atoms with E-state index in [0.29, 0.717) is 16.6 Å². The van der Waals surface area contributed by atoms with E-state index in [4.69, 9.17) is 44.9 Å². The van der Waals surface area contributed by atoms with Crippen molar-refractivity contribution < 1.29 is 14.3 Å². The van der Waals surface area contributed by atoms with Crippen LogP contribution >= 0.6 is 46.8 Å². The van der Waals surface area contributed by atoms with E-state index in [1.165, 1.54) is 0 Å². The number of halogens is 2. The number of thiocarbonyl (C=S) groups is 1. The highest BCUT2D eigenvalue weighted by Crippen LogP contribution is 2.37. The van der Waals surface area contributed by atoms with Crippen molar-refractivity contribution in [1.82, 2.24) is 10.2 Å². The molecule has 0 saturated carbocycles. The molecule has 9 heteroatoms. The van der Waals surface area contributed by atoms with Gasteiger partial charge in [0, 0.05) is 21.5 Å². The van der Waals surface area contributed by atoms with E-state index < -0.39 is 18.0 Å². The van der Waals surface area contributed by atoms with Gasteiger partial charge < -0.3 is 19.7 Å². The lowest BCUT2D eigenvalue weighted by atomic mass is 10.0. The Hall–Kier alpha value is -2.00. The van der Waals surface area contributed by atoms with Crippen LogP contribution in [0.5, 0.6) is 0 Å². The molecule has 1 N–H and O–H groups in total. The number of thiophene rings is 1. The van der Waals surface area contributed by atoms with Gasteiger partial charge in [-0.25, -0.2) is 0 Å². The van der Waals surface area contributed by atoms with Crippen LogP contribution in [0.4, 0.5) is 0 Å². The van der Waals surface area contributed by atoms with Gasteiger partial charge in [-0.2, -0.15) is 0 Å². The molecule has 0 radical (unpaired) electrons. The summed E-state index contributed by atoms with van der Waals surface area (Å²) < 4.78 is 12.3. The number of ether oxygens (including phenoxy) is 2. The number of rotatable bonds is 7. The summed E-state index contributed by atoms with van der Waals surface area (Å²) >= 11 is 20.1. The molecule has 1 amide bonds. The molecular formula is C29H30Cl2N2O3S2. The Morgan fingerprint density at radius 3 is 2.71 bits per heavy atom. The van der Waals surface area contributed by atoms with Crippen LogP contribution in [-0.2, 0) is 27.2 Å². The molecule has 38 heavy (non-hydrogen) atoms. The number of hydrogen-bond acceptors (Lipinski definition) is 5. The van der Waals surface area contributed by atoms with Crippen LogP contribution in [0.1, 0.15) is 54.3 Å². The van der Waals surface area contributed by atoms with Crippen molar-refractivity contribution in [3.05, 3.63) is 91.6 Å². The van der Waals surface area contributed by atoms with Gasteiger partial charge in [-0.05, 0) is 79.4 Å². The maximum absolute atomic E-state index is 13.4. The molecular weight excluding hydrogens is 559 g/mol. The van der Waals surface area contributed by atoms with Crippen LogP contribution in [0, 0.1) is 0 Å². The maximum atomic E-state index is 13.4. The van der Waals surface area contributed by atoms with Crippen LogP contribution in [0.3, 0.4) is 0 Å². The summed E-state index contributed by atoms with van der Waals surface area (Å²) in [6.45, 7) is 4.83. The number of carbonyl (C=O) groups is 1. The van der Waals surface area contributed by atoms with E-state index in [2.05, 4.69) is 27.7 Å². The normalized spacial score (nSPS) is 22.5. The van der Waals surface area contributed by atoms with Crippen LogP contribution in [0.15, 0.2) is 60.0 Å².